The van der Waals surface area contributed by atoms with Crippen molar-refractivity contribution in [2.45, 2.75) is 31.7 Å². The predicted octanol–water partition coefficient (Wildman–Crippen LogP) is 2.96. The Morgan fingerprint density at radius 1 is 1.08 bits per heavy atom. The Balaban J connectivity index is 1.38. The van der Waals surface area contributed by atoms with Crippen molar-refractivity contribution >= 4 is 11.8 Å². The van der Waals surface area contributed by atoms with Gasteiger partial charge in [-0.2, -0.15) is 0 Å². The summed E-state index contributed by atoms with van der Waals surface area (Å²) in [4.78, 5) is 17.2. The number of aromatic nitrogens is 2. The van der Waals surface area contributed by atoms with Gasteiger partial charge in [-0.25, -0.2) is 9.48 Å². The van der Waals surface area contributed by atoms with Crippen LogP contribution in [0.2, 0.25) is 0 Å². The number of anilines is 1. The third-order valence-electron chi connectivity index (χ3n) is 5.15. The molecule has 4 rings (SSSR count). The van der Waals surface area contributed by atoms with Gasteiger partial charge in [0.1, 0.15) is 0 Å². The Morgan fingerprint density at radius 2 is 1.88 bits per heavy atom. The fraction of sp³-hybridized carbons (Fsp3) is 0.474. The predicted molar refractivity (Wildman–Crippen MR) is 98.0 cm³/mol. The molecule has 25 heavy (non-hydrogen) atoms. The molecule has 0 radical (unpaired) electrons. The molecule has 0 saturated carbocycles. The van der Waals surface area contributed by atoms with Crippen molar-refractivity contribution in [1.82, 2.24) is 19.6 Å². The molecule has 2 aromatic rings. The van der Waals surface area contributed by atoms with E-state index in [1.807, 2.05) is 47.5 Å². The summed E-state index contributed by atoms with van der Waals surface area (Å²) in [7, 11) is 0. The van der Waals surface area contributed by atoms with Crippen molar-refractivity contribution in [3.63, 3.8) is 0 Å². The number of hydrogen-bond acceptors (Lipinski definition) is 3. The molecule has 0 spiro atoms. The van der Waals surface area contributed by atoms with Crippen LogP contribution in [0.5, 0.6) is 0 Å². The van der Waals surface area contributed by atoms with Crippen molar-refractivity contribution < 1.29 is 4.79 Å². The maximum absolute atomic E-state index is 12.7. The van der Waals surface area contributed by atoms with Crippen molar-refractivity contribution in [1.29, 1.82) is 0 Å². The zero-order valence-corrected chi connectivity index (χ0v) is 14.5. The highest BCUT2D eigenvalue weighted by Gasteiger charge is 2.31. The van der Waals surface area contributed by atoms with E-state index in [0.717, 1.165) is 31.6 Å². The zero-order chi connectivity index (χ0) is 17.1. The van der Waals surface area contributed by atoms with Crippen molar-refractivity contribution in [3.05, 3.63) is 42.6 Å². The summed E-state index contributed by atoms with van der Waals surface area (Å²) in [6, 6.07) is 12.1. The molecular formula is C19H25N5O. The number of amides is 2. The van der Waals surface area contributed by atoms with Gasteiger partial charge in [0.15, 0.2) is 5.82 Å². The van der Waals surface area contributed by atoms with Gasteiger partial charge in [0, 0.05) is 31.4 Å². The van der Waals surface area contributed by atoms with Gasteiger partial charge in [0.2, 0.25) is 0 Å². The summed E-state index contributed by atoms with van der Waals surface area (Å²) in [5.41, 5.74) is 0.982. The van der Waals surface area contributed by atoms with Crippen LogP contribution in [0.15, 0.2) is 42.6 Å². The van der Waals surface area contributed by atoms with Crippen LogP contribution in [-0.2, 0) is 0 Å². The summed E-state index contributed by atoms with van der Waals surface area (Å²) in [6.07, 6.45) is 6.63. The molecule has 2 amide bonds. The lowest BCUT2D eigenvalue weighted by atomic mass is 10.2. The lowest BCUT2D eigenvalue weighted by molar-refractivity contribution is 0.186. The van der Waals surface area contributed by atoms with E-state index in [1.54, 1.807) is 4.68 Å². The minimum atomic E-state index is -0.0278. The number of para-hydroxylation sites is 1. The second kappa shape index (κ2) is 7.27. The van der Waals surface area contributed by atoms with E-state index >= 15 is 0 Å². The van der Waals surface area contributed by atoms with E-state index in [9.17, 15) is 4.79 Å². The topological polar surface area (TPSA) is 53.4 Å². The molecule has 2 saturated heterocycles. The summed E-state index contributed by atoms with van der Waals surface area (Å²) in [6.45, 7) is 4.19. The molecule has 6 nitrogen and oxygen atoms in total. The Kier molecular flexibility index (Phi) is 4.70. The molecule has 1 atom stereocenters. The van der Waals surface area contributed by atoms with E-state index < -0.39 is 0 Å². The Bertz CT molecular complexity index is 708. The highest BCUT2D eigenvalue weighted by molar-refractivity contribution is 5.88. The first-order valence-corrected chi connectivity index (χ1v) is 9.21. The largest absolute Gasteiger partial charge is 0.323 e. The van der Waals surface area contributed by atoms with Crippen LogP contribution in [0.25, 0.3) is 5.69 Å². The Hall–Kier alpha value is -2.34. The van der Waals surface area contributed by atoms with Gasteiger partial charge in [-0.15, -0.1) is 5.10 Å². The van der Waals surface area contributed by atoms with Gasteiger partial charge in [0.05, 0.1) is 5.69 Å². The second-order valence-corrected chi connectivity index (χ2v) is 6.91. The van der Waals surface area contributed by atoms with Gasteiger partial charge < -0.3 is 9.80 Å². The number of urea groups is 1. The molecule has 3 heterocycles. The van der Waals surface area contributed by atoms with Crippen LogP contribution >= 0.6 is 0 Å². The molecular weight excluding hydrogens is 314 g/mol. The molecule has 0 aliphatic carbocycles. The van der Waals surface area contributed by atoms with Crippen molar-refractivity contribution in [2.24, 2.45) is 0 Å². The highest BCUT2D eigenvalue weighted by atomic mass is 16.2. The first-order chi connectivity index (χ1) is 12.3. The maximum Gasteiger partial charge on any atom is 0.323 e. The molecule has 1 aromatic carbocycles. The van der Waals surface area contributed by atoms with E-state index in [-0.39, 0.29) is 6.03 Å². The van der Waals surface area contributed by atoms with Gasteiger partial charge in [0.25, 0.3) is 0 Å². The molecule has 6 heteroatoms. The van der Waals surface area contributed by atoms with Crippen LogP contribution < -0.4 is 5.32 Å². The SMILES string of the molecule is O=C(Nc1ccn(-c2ccccc2)n1)N1CCCC1CN1CCCC1. The van der Waals surface area contributed by atoms with Crippen LogP contribution in [0.3, 0.4) is 0 Å². The number of carbonyl (C=O) groups excluding carboxylic acids is 1. The molecule has 2 fully saturated rings. The maximum atomic E-state index is 12.7. The van der Waals surface area contributed by atoms with E-state index in [2.05, 4.69) is 15.3 Å². The standard InChI is InChI=1S/C19H25N5O/c25-19(23-13-6-9-17(23)15-22-11-4-5-12-22)20-18-10-14-24(21-18)16-7-2-1-3-8-16/h1-3,7-8,10,14,17H,4-6,9,11-13,15H2,(H,20,21,25). The van der Waals surface area contributed by atoms with E-state index in [0.29, 0.717) is 11.9 Å². The van der Waals surface area contributed by atoms with Crippen LogP contribution in [0.4, 0.5) is 10.6 Å². The quantitative estimate of drug-likeness (QED) is 0.932. The summed E-state index contributed by atoms with van der Waals surface area (Å²) in [5.74, 6) is 0.598. The first kappa shape index (κ1) is 16.1. The Labute approximate surface area is 148 Å². The number of carbonyl (C=O) groups is 1. The monoisotopic (exact) mass is 339 g/mol. The van der Waals surface area contributed by atoms with Gasteiger partial charge in [-0.3, -0.25) is 5.32 Å². The molecule has 1 unspecified atom stereocenters. The number of benzene rings is 1. The molecule has 132 valence electrons. The first-order valence-electron chi connectivity index (χ1n) is 9.21. The summed E-state index contributed by atoms with van der Waals surface area (Å²) < 4.78 is 1.78. The number of likely N-dealkylation sites (tertiary alicyclic amines) is 2. The van der Waals surface area contributed by atoms with E-state index in [1.165, 1.54) is 25.9 Å². The normalized spacial score (nSPS) is 21.0. The van der Waals surface area contributed by atoms with E-state index in [4.69, 9.17) is 0 Å². The van der Waals surface area contributed by atoms with Crippen molar-refractivity contribution in [2.75, 3.05) is 31.5 Å². The van der Waals surface area contributed by atoms with Crippen LogP contribution in [-0.4, -0.2) is 57.8 Å². The third kappa shape index (κ3) is 3.69. The minimum Gasteiger partial charge on any atom is -0.320 e. The average Bonchev–Trinajstić information content (AvgIpc) is 3.38. The summed E-state index contributed by atoms with van der Waals surface area (Å²) >= 11 is 0. The second-order valence-electron chi connectivity index (χ2n) is 6.91. The third-order valence-corrected chi connectivity index (χ3v) is 5.15. The molecule has 2 aliphatic rings. The minimum absolute atomic E-state index is 0.0278. The van der Waals surface area contributed by atoms with Gasteiger partial charge in [-0.05, 0) is 50.9 Å². The summed E-state index contributed by atoms with van der Waals surface area (Å²) in [5, 5.41) is 7.43. The van der Waals surface area contributed by atoms with Crippen LogP contribution in [0, 0.1) is 0 Å². The zero-order valence-electron chi connectivity index (χ0n) is 14.5. The number of nitrogens with zero attached hydrogens (tertiary/aromatic N) is 4. The Morgan fingerprint density at radius 3 is 2.68 bits per heavy atom. The van der Waals surface area contributed by atoms with Crippen LogP contribution in [0.1, 0.15) is 25.7 Å². The molecule has 0 bridgehead atoms. The van der Waals surface area contributed by atoms with Crippen molar-refractivity contribution in [3.8, 4) is 5.69 Å². The smallest absolute Gasteiger partial charge is 0.320 e. The molecule has 1 aromatic heterocycles. The molecule has 1 N–H and O–H groups in total. The lowest BCUT2D eigenvalue weighted by Gasteiger charge is -2.28. The lowest BCUT2D eigenvalue weighted by Crippen LogP contribution is -2.44. The van der Waals surface area contributed by atoms with Gasteiger partial charge in [-0.1, -0.05) is 18.2 Å². The fourth-order valence-corrected chi connectivity index (χ4v) is 3.85. The highest BCUT2D eigenvalue weighted by Crippen LogP contribution is 2.21. The number of hydrogen-bond donors (Lipinski definition) is 1. The average molecular weight is 339 g/mol. The number of rotatable bonds is 4. The fourth-order valence-electron chi connectivity index (χ4n) is 3.85. The number of nitrogens with one attached hydrogen (secondary N) is 1. The molecule has 2 aliphatic heterocycles. The van der Waals surface area contributed by atoms with Gasteiger partial charge >= 0.3 is 6.03 Å².